The number of aromatic nitrogens is 3. The van der Waals surface area contributed by atoms with Crippen LogP contribution in [-0.4, -0.2) is 32.4 Å². The van der Waals surface area contributed by atoms with Crippen LogP contribution in [0.25, 0.3) is 16.6 Å². The van der Waals surface area contributed by atoms with Gasteiger partial charge in [-0.25, -0.2) is 0 Å². The van der Waals surface area contributed by atoms with Crippen LogP contribution in [-0.2, 0) is 6.42 Å². The molecule has 2 amide bonds. The third-order valence-corrected chi connectivity index (χ3v) is 7.10. The number of benzene rings is 2. The molecule has 0 bridgehead atoms. The van der Waals surface area contributed by atoms with Gasteiger partial charge in [0.05, 0.1) is 22.8 Å². The number of nitrogens with zero attached hydrogens (tertiary/aromatic N) is 2. The van der Waals surface area contributed by atoms with Gasteiger partial charge in [-0.15, -0.1) is 0 Å². The van der Waals surface area contributed by atoms with Crippen molar-refractivity contribution in [2.45, 2.75) is 18.5 Å². The fourth-order valence-electron chi connectivity index (χ4n) is 4.87. The van der Waals surface area contributed by atoms with Gasteiger partial charge in [0.2, 0.25) is 0 Å². The van der Waals surface area contributed by atoms with Crippen molar-refractivity contribution >= 4 is 34.3 Å². The maximum absolute atomic E-state index is 13.2. The molecule has 0 saturated carbocycles. The molecule has 9 heteroatoms. The first kappa shape index (κ1) is 23.7. The first-order valence-corrected chi connectivity index (χ1v) is 12.5. The molecule has 3 heterocycles. The molecule has 1 aliphatic carbocycles. The second-order valence-electron chi connectivity index (χ2n) is 9.14. The molecule has 8 nitrogen and oxygen atoms in total. The van der Waals surface area contributed by atoms with Gasteiger partial charge in [-0.1, -0.05) is 29.8 Å². The molecule has 0 spiro atoms. The van der Waals surface area contributed by atoms with E-state index in [0.717, 1.165) is 22.2 Å². The van der Waals surface area contributed by atoms with E-state index in [1.54, 1.807) is 73.2 Å². The molecule has 2 atom stereocenters. The summed E-state index contributed by atoms with van der Waals surface area (Å²) in [5.74, 6) is -0.561. The topological polar surface area (TPSA) is 109 Å². The van der Waals surface area contributed by atoms with Gasteiger partial charge in [-0.3, -0.25) is 23.9 Å². The van der Waals surface area contributed by atoms with Gasteiger partial charge in [0.15, 0.2) is 0 Å². The zero-order valence-corrected chi connectivity index (χ0v) is 20.8. The lowest BCUT2D eigenvalue weighted by Gasteiger charge is -2.22. The van der Waals surface area contributed by atoms with Crippen molar-refractivity contribution in [2.24, 2.45) is 0 Å². The van der Waals surface area contributed by atoms with E-state index in [9.17, 15) is 14.4 Å². The number of halogens is 1. The zero-order chi connectivity index (χ0) is 26.2. The fraction of sp³-hybridized carbons (Fsp3) is 0.103. The monoisotopic (exact) mass is 523 g/mol. The van der Waals surface area contributed by atoms with Crippen LogP contribution >= 0.6 is 11.6 Å². The maximum atomic E-state index is 13.2. The molecule has 2 aromatic carbocycles. The number of H-pyrrole nitrogens is 1. The number of rotatable bonds is 5. The van der Waals surface area contributed by atoms with Crippen LogP contribution in [0.4, 0.5) is 0 Å². The molecule has 0 aliphatic heterocycles. The number of pyridine rings is 2. The number of carbonyl (C=O) groups is 2. The Morgan fingerprint density at radius 2 is 1.74 bits per heavy atom. The van der Waals surface area contributed by atoms with E-state index in [1.165, 1.54) is 10.6 Å². The smallest absolute Gasteiger partial charge is 0.255 e. The minimum Gasteiger partial charge on any atom is -0.360 e. The number of hydrogen-bond acceptors (Lipinski definition) is 4. The number of hydrogen-bond donors (Lipinski definition) is 3. The SMILES string of the molecule is O=C(N[C@H]1Cc2cccnc2[C@@H]1NC(=O)c1ccc2c(Cl)c[nH]c2c1)c1ccc(-n2ccccc2=O)cc1. The Hall–Kier alpha value is -4.69. The van der Waals surface area contributed by atoms with E-state index in [-0.39, 0.29) is 17.4 Å². The van der Waals surface area contributed by atoms with Gasteiger partial charge in [0.1, 0.15) is 0 Å². The number of fused-ring (bicyclic) bond motifs is 2. The van der Waals surface area contributed by atoms with E-state index in [0.29, 0.717) is 28.3 Å². The summed E-state index contributed by atoms with van der Waals surface area (Å²) in [5.41, 5.74) is 3.88. The van der Waals surface area contributed by atoms with Crippen molar-refractivity contribution in [1.29, 1.82) is 0 Å². The second-order valence-corrected chi connectivity index (χ2v) is 9.54. The summed E-state index contributed by atoms with van der Waals surface area (Å²) in [6, 6.07) is 19.9. The van der Waals surface area contributed by atoms with Gasteiger partial charge in [0, 0.05) is 52.4 Å². The van der Waals surface area contributed by atoms with Crippen LogP contribution in [0.5, 0.6) is 0 Å². The van der Waals surface area contributed by atoms with Crippen molar-refractivity contribution < 1.29 is 9.59 Å². The van der Waals surface area contributed by atoms with E-state index < -0.39 is 12.1 Å². The molecule has 188 valence electrons. The summed E-state index contributed by atoms with van der Waals surface area (Å²) in [6.07, 6.45) is 5.57. The van der Waals surface area contributed by atoms with Gasteiger partial charge in [0.25, 0.3) is 17.4 Å². The van der Waals surface area contributed by atoms with Gasteiger partial charge >= 0.3 is 0 Å². The van der Waals surface area contributed by atoms with Crippen molar-refractivity contribution in [3.63, 3.8) is 0 Å². The van der Waals surface area contributed by atoms with Crippen LogP contribution in [0.1, 0.15) is 38.0 Å². The van der Waals surface area contributed by atoms with Crippen LogP contribution in [0.3, 0.4) is 0 Å². The third kappa shape index (κ3) is 4.35. The highest BCUT2D eigenvalue weighted by Crippen LogP contribution is 2.31. The summed E-state index contributed by atoms with van der Waals surface area (Å²) >= 11 is 6.17. The number of amides is 2. The zero-order valence-electron chi connectivity index (χ0n) is 20.0. The maximum Gasteiger partial charge on any atom is 0.255 e. The first-order chi connectivity index (χ1) is 18.5. The quantitative estimate of drug-likeness (QED) is 0.321. The molecular formula is C29H22ClN5O3. The van der Waals surface area contributed by atoms with Crippen molar-refractivity contribution in [3.05, 3.63) is 129 Å². The summed E-state index contributed by atoms with van der Waals surface area (Å²) in [4.78, 5) is 46.1. The molecule has 3 N–H and O–H groups in total. The Morgan fingerprint density at radius 3 is 2.55 bits per heavy atom. The number of nitrogens with one attached hydrogen (secondary N) is 3. The van der Waals surface area contributed by atoms with Crippen molar-refractivity contribution in [3.8, 4) is 5.69 Å². The predicted octanol–water partition coefficient (Wildman–Crippen LogP) is 4.19. The van der Waals surface area contributed by atoms with Crippen LogP contribution in [0.15, 0.2) is 96.2 Å². The van der Waals surface area contributed by atoms with Gasteiger partial charge < -0.3 is 15.6 Å². The molecule has 5 aromatic rings. The first-order valence-electron chi connectivity index (χ1n) is 12.1. The Bertz CT molecular complexity index is 1740. The highest BCUT2D eigenvalue weighted by Gasteiger charge is 2.36. The van der Waals surface area contributed by atoms with E-state index in [1.807, 2.05) is 12.1 Å². The average Bonchev–Trinajstić information content (AvgIpc) is 3.48. The minimum absolute atomic E-state index is 0.155. The van der Waals surface area contributed by atoms with Gasteiger partial charge in [-0.2, -0.15) is 0 Å². The molecule has 0 unspecified atom stereocenters. The average molecular weight is 524 g/mol. The molecule has 1 aliphatic rings. The molecule has 6 rings (SSSR count). The largest absolute Gasteiger partial charge is 0.360 e. The van der Waals surface area contributed by atoms with E-state index in [4.69, 9.17) is 11.6 Å². The third-order valence-electron chi connectivity index (χ3n) is 6.79. The number of carbonyl (C=O) groups excluding carboxylic acids is 2. The van der Waals surface area contributed by atoms with Gasteiger partial charge in [-0.05, 0) is 60.5 Å². The molecule has 0 saturated heterocycles. The lowest BCUT2D eigenvalue weighted by molar-refractivity contribution is 0.0887. The molecule has 3 aromatic heterocycles. The minimum atomic E-state index is -0.507. The fourth-order valence-corrected chi connectivity index (χ4v) is 5.09. The molecule has 38 heavy (non-hydrogen) atoms. The summed E-state index contributed by atoms with van der Waals surface area (Å²) in [6.45, 7) is 0. The highest BCUT2D eigenvalue weighted by atomic mass is 35.5. The van der Waals surface area contributed by atoms with Crippen molar-refractivity contribution in [2.75, 3.05) is 0 Å². The Labute approximate surface area is 222 Å². The van der Waals surface area contributed by atoms with Crippen molar-refractivity contribution in [1.82, 2.24) is 25.2 Å². The van der Waals surface area contributed by atoms with E-state index in [2.05, 4.69) is 20.6 Å². The standard InChI is InChI=1S/C29H22ClN5O3/c30-22-16-32-23-15-19(8-11-21(22)23)29(38)34-27-24(14-18-4-3-12-31-26(18)27)33-28(37)17-6-9-20(10-7-17)35-13-2-1-5-25(35)36/h1-13,15-16,24,27,32H,14H2,(H,33,37)(H,34,38)/t24-,27+/m0/s1. The second kappa shape index (κ2) is 9.64. The summed E-state index contributed by atoms with van der Waals surface area (Å²) in [7, 11) is 0. The predicted molar refractivity (Wildman–Crippen MR) is 145 cm³/mol. The Morgan fingerprint density at radius 1 is 0.947 bits per heavy atom. The number of aromatic amines is 1. The van der Waals surface area contributed by atoms with E-state index >= 15 is 0 Å². The van der Waals surface area contributed by atoms with Crippen LogP contribution < -0.4 is 16.2 Å². The molecule has 0 fully saturated rings. The molecule has 0 radical (unpaired) electrons. The summed E-state index contributed by atoms with van der Waals surface area (Å²) in [5, 5.41) is 7.56. The lowest BCUT2D eigenvalue weighted by Crippen LogP contribution is -2.44. The highest BCUT2D eigenvalue weighted by molar-refractivity contribution is 6.35. The Kier molecular flexibility index (Phi) is 6.01. The summed E-state index contributed by atoms with van der Waals surface area (Å²) < 4.78 is 1.50. The van der Waals surface area contributed by atoms with Crippen LogP contribution in [0.2, 0.25) is 5.02 Å². The Balaban J connectivity index is 1.22. The lowest BCUT2D eigenvalue weighted by atomic mass is 10.1. The van der Waals surface area contributed by atoms with Crippen LogP contribution in [0, 0.1) is 0 Å². The molecular weight excluding hydrogens is 502 g/mol. The normalized spacial score (nSPS) is 16.2.